The zero-order valence-electron chi connectivity index (χ0n) is 12.9. The van der Waals surface area contributed by atoms with Gasteiger partial charge in [-0.15, -0.1) is 0 Å². The second-order valence-corrected chi connectivity index (χ2v) is 5.67. The quantitative estimate of drug-likeness (QED) is 0.916. The molecule has 1 aliphatic rings. The van der Waals surface area contributed by atoms with Crippen LogP contribution in [0.25, 0.3) is 0 Å². The molecule has 0 aliphatic carbocycles. The normalized spacial score (nSPS) is 25.4. The van der Waals surface area contributed by atoms with Crippen LogP contribution in [0.2, 0.25) is 0 Å². The highest BCUT2D eigenvalue weighted by atomic mass is 16.5. The number of rotatable bonds is 4. The number of hydrogen-bond donors (Lipinski definition) is 1. The van der Waals surface area contributed by atoms with Gasteiger partial charge in [-0.05, 0) is 38.0 Å². The highest BCUT2D eigenvalue weighted by molar-refractivity contribution is 5.37. The maximum absolute atomic E-state index is 6.05. The molecule has 0 aromatic heterocycles. The van der Waals surface area contributed by atoms with Crippen LogP contribution in [0.1, 0.15) is 31.0 Å². The molecule has 1 saturated heterocycles. The molecule has 4 heteroatoms. The van der Waals surface area contributed by atoms with Gasteiger partial charge in [0.25, 0.3) is 0 Å². The van der Waals surface area contributed by atoms with E-state index in [1.165, 1.54) is 5.56 Å². The molecule has 20 heavy (non-hydrogen) atoms. The van der Waals surface area contributed by atoms with Crippen LogP contribution in [-0.4, -0.2) is 43.9 Å². The molecule has 1 aliphatic heterocycles. The van der Waals surface area contributed by atoms with E-state index in [9.17, 15) is 0 Å². The van der Waals surface area contributed by atoms with E-state index >= 15 is 0 Å². The minimum absolute atomic E-state index is 0.237. The van der Waals surface area contributed by atoms with Crippen molar-refractivity contribution in [2.24, 2.45) is 5.73 Å². The summed E-state index contributed by atoms with van der Waals surface area (Å²) in [5.74, 6) is 0.924. The fraction of sp³-hybridized carbons (Fsp3) is 0.625. The van der Waals surface area contributed by atoms with Crippen molar-refractivity contribution in [1.82, 2.24) is 4.90 Å². The smallest absolute Gasteiger partial charge is 0.121 e. The van der Waals surface area contributed by atoms with E-state index < -0.39 is 0 Å². The number of ether oxygens (including phenoxy) is 2. The second-order valence-electron chi connectivity index (χ2n) is 5.67. The van der Waals surface area contributed by atoms with Crippen LogP contribution in [0, 0.1) is 6.92 Å². The van der Waals surface area contributed by atoms with Gasteiger partial charge in [-0.2, -0.15) is 0 Å². The topological polar surface area (TPSA) is 47.7 Å². The summed E-state index contributed by atoms with van der Waals surface area (Å²) in [7, 11) is 1.70. The average Bonchev–Trinajstić information content (AvgIpc) is 2.44. The molecule has 1 aromatic carbocycles. The third kappa shape index (κ3) is 3.14. The third-order valence-electron chi connectivity index (χ3n) is 4.08. The van der Waals surface area contributed by atoms with Crippen molar-refractivity contribution in [3.8, 4) is 5.75 Å². The Hall–Kier alpha value is -1.10. The lowest BCUT2D eigenvalue weighted by molar-refractivity contribution is -0.0654. The Labute approximate surface area is 121 Å². The van der Waals surface area contributed by atoms with Crippen molar-refractivity contribution in [3.63, 3.8) is 0 Å². The molecule has 2 N–H and O–H groups in total. The van der Waals surface area contributed by atoms with E-state index in [0.717, 1.165) is 24.5 Å². The Bertz CT molecular complexity index is 450. The van der Waals surface area contributed by atoms with Gasteiger partial charge in [-0.25, -0.2) is 0 Å². The highest BCUT2D eigenvalue weighted by Gasteiger charge is 2.29. The predicted octanol–water partition coefficient (Wildman–Crippen LogP) is 2.11. The molecular weight excluding hydrogens is 252 g/mol. The molecule has 3 unspecified atom stereocenters. The van der Waals surface area contributed by atoms with Gasteiger partial charge in [0.05, 0.1) is 19.8 Å². The molecule has 1 heterocycles. The van der Waals surface area contributed by atoms with Crippen molar-refractivity contribution in [2.75, 3.05) is 26.8 Å². The van der Waals surface area contributed by atoms with Crippen molar-refractivity contribution < 1.29 is 9.47 Å². The lowest BCUT2D eigenvalue weighted by Gasteiger charge is -2.41. The lowest BCUT2D eigenvalue weighted by atomic mass is 10.00. The number of methoxy groups -OCH3 is 1. The van der Waals surface area contributed by atoms with Crippen LogP contribution in [0.3, 0.4) is 0 Å². The van der Waals surface area contributed by atoms with Gasteiger partial charge in [0, 0.05) is 25.2 Å². The Morgan fingerprint density at radius 1 is 1.45 bits per heavy atom. The van der Waals surface area contributed by atoms with Gasteiger partial charge >= 0.3 is 0 Å². The Kier molecular flexibility index (Phi) is 5.02. The third-order valence-corrected chi connectivity index (χ3v) is 4.08. The second kappa shape index (κ2) is 6.57. The van der Waals surface area contributed by atoms with E-state index in [1.807, 2.05) is 6.07 Å². The first-order valence-electron chi connectivity index (χ1n) is 7.28. The van der Waals surface area contributed by atoms with Crippen LogP contribution in [0.15, 0.2) is 18.2 Å². The molecule has 0 amide bonds. The molecule has 0 radical (unpaired) electrons. The molecule has 1 aromatic rings. The van der Waals surface area contributed by atoms with Gasteiger partial charge in [0.2, 0.25) is 0 Å². The van der Waals surface area contributed by atoms with Gasteiger partial charge in [0.1, 0.15) is 5.75 Å². The van der Waals surface area contributed by atoms with E-state index in [2.05, 4.69) is 37.8 Å². The van der Waals surface area contributed by atoms with Crippen LogP contribution >= 0.6 is 0 Å². The number of benzene rings is 1. The van der Waals surface area contributed by atoms with Crippen molar-refractivity contribution in [3.05, 3.63) is 29.3 Å². The average molecular weight is 278 g/mol. The standard InChI is InChI=1S/C16H26N2O2/c1-11-7-14(5-6-16(11)19-4)15(8-17)18-9-13(3)20-10-12(18)2/h5-7,12-13,15H,8-10,17H2,1-4H3. The SMILES string of the molecule is COc1ccc(C(CN)N2CC(C)OCC2C)cc1C. The Morgan fingerprint density at radius 3 is 2.80 bits per heavy atom. The molecule has 0 saturated carbocycles. The number of nitrogens with two attached hydrogens (primary N) is 1. The largest absolute Gasteiger partial charge is 0.496 e. The molecule has 3 atom stereocenters. The zero-order chi connectivity index (χ0) is 14.7. The maximum Gasteiger partial charge on any atom is 0.121 e. The van der Waals surface area contributed by atoms with Gasteiger partial charge in [-0.1, -0.05) is 12.1 Å². The number of nitrogens with zero attached hydrogens (tertiary/aromatic N) is 1. The van der Waals surface area contributed by atoms with Crippen LogP contribution < -0.4 is 10.5 Å². The summed E-state index contributed by atoms with van der Waals surface area (Å²) in [4.78, 5) is 2.45. The van der Waals surface area contributed by atoms with Gasteiger partial charge < -0.3 is 15.2 Å². The molecular formula is C16H26N2O2. The van der Waals surface area contributed by atoms with Crippen molar-refractivity contribution >= 4 is 0 Å². The van der Waals surface area contributed by atoms with Crippen LogP contribution in [0.4, 0.5) is 0 Å². The monoisotopic (exact) mass is 278 g/mol. The molecule has 0 bridgehead atoms. The lowest BCUT2D eigenvalue weighted by Crippen LogP contribution is -2.50. The van der Waals surface area contributed by atoms with Crippen molar-refractivity contribution in [2.45, 2.75) is 39.0 Å². The first-order valence-corrected chi connectivity index (χ1v) is 7.28. The summed E-state index contributed by atoms with van der Waals surface area (Å²) in [5, 5.41) is 0. The Morgan fingerprint density at radius 2 is 2.20 bits per heavy atom. The maximum atomic E-state index is 6.05. The summed E-state index contributed by atoms with van der Waals surface area (Å²) in [5.41, 5.74) is 8.46. The summed E-state index contributed by atoms with van der Waals surface area (Å²) in [6.45, 7) is 8.70. The molecule has 4 nitrogen and oxygen atoms in total. The number of hydrogen-bond acceptors (Lipinski definition) is 4. The van der Waals surface area contributed by atoms with Crippen LogP contribution in [-0.2, 0) is 4.74 Å². The minimum Gasteiger partial charge on any atom is -0.496 e. The first kappa shape index (κ1) is 15.3. The van der Waals surface area contributed by atoms with Crippen LogP contribution in [0.5, 0.6) is 5.75 Å². The van der Waals surface area contributed by atoms with Gasteiger partial charge in [-0.3, -0.25) is 4.90 Å². The van der Waals surface area contributed by atoms with E-state index in [1.54, 1.807) is 7.11 Å². The van der Waals surface area contributed by atoms with E-state index in [0.29, 0.717) is 12.6 Å². The first-order chi connectivity index (χ1) is 9.56. The summed E-state index contributed by atoms with van der Waals surface area (Å²) < 4.78 is 11.0. The predicted molar refractivity (Wildman–Crippen MR) is 81.1 cm³/mol. The molecule has 0 spiro atoms. The fourth-order valence-corrected chi connectivity index (χ4v) is 2.94. The van der Waals surface area contributed by atoms with E-state index in [-0.39, 0.29) is 12.1 Å². The number of morpholine rings is 1. The summed E-state index contributed by atoms with van der Waals surface area (Å²) >= 11 is 0. The summed E-state index contributed by atoms with van der Waals surface area (Å²) in [6, 6.07) is 6.96. The number of aryl methyl sites for hydroxylation is 1. The molecule has 2 rings (SSSR count). The summed E-state index contributed by atoms with van der Waals surface area (Å²) in [6.07, 6.45) is 0.264. The fourth-order valence-electron chi connectivity index (χ4n) is 2.94. The minimum atomic E-state index is 0.237. The molecule has 1 fully saturated rings. The van der Waals surface area contributed by atoms with Gasteiger partial charge in [0.15, 0.2) is 0 Å². The molecule has 112 valence electrons. The van der Waals surface area contributed by atoms with E-state index in [4.69, 9.17) is 15.2 Å². The Balaban J connectivity index is 2.24. The highest BCUT2D eigenvalue weighted by Crippen LogP contribution is 2.28. The van der Waals surface area contributed by atoms with Crippen molar-refractivity contribution in [1.29, 1.82) is 0 Å². The zero-order valence-corrected chi connectivity index (χ0v) is 12.9.